The summed E-state index contributed by atoms with van der Waals surface area (Å²) in [7, 11) is 0. The molecule has 1 aliphatic carbocycles. The van der Waals surface area contributed by atoms with Gasteiger partial charge >= 0.3 is 0 Å². The van der Waals surface area contributed by atoms with Crippen LogP contribution >= 0.6 is 0 Å². The first-order chi connectivity index (χ1) is 12.2. The summed E-state index contributed by atoms with van der Waals surface area (Å²) in [5.74, 6) is 1.25. The van der Waals surface area contributed by atoms with E-state index in [4.69, 9.17) is 4.98 Å². The molecule has 2 heterocycles. The predicted octanol–water partition coefficient (Wildman–Crippen LogP) is 3.55. The summed E-state index contributed by atoms with van der Waals surface area (Å²) in [5, 5.41) is 2.83. The fourth-order valence-corrected chi connectivity index (χ4v) is 3.47. The van der Waals surface area contributed by atoms with Gasteiger partial charge in [-0.15, -0.1) is 0 Å². The highest BCUT2D eigenvalue weighted by atomic mass is 16.2. The number of hydrogen-bond donors (Lipinski definition) is 3. The van der Waals surface area contributed by atoms with Crippen LogP contribution < -0.4 is 10.9 Å². The molecule has 3 N–H and O–H groups in total. The predicted molar refractivity (Wildman–Crippen MR) is 96.9 cm³/mol. The summed E-state index contributed by atoms with van der Waals surface area (Å²) in [4.78, 5) is 34.2. The second-order valence-electron chi connectivity index (χ2n) is 6.58. The average molecular weight is 336 g/mol. The van der Waals surface area contributed by atoms with Gasteiger partial charge in [0.25, 0.3) is 5.91 Å². The molecule has 0 radical (unpaired) electrons. The Morgan fingerprint density at radius 3 is 2.76 bits per heavy atom. The van der Waals surface area contributed by atoms with Crippen LogP contribution in [0.1, 0.15) is 54.2 Å². The highest BCUT2D eigenvalue weighted by Gasteiger charge is 2.19. The number of rotatable bonds is 3. The Morgan fingerprint density at radius 1 is 1.12 bits per heavy atom. The molecule has 25 heavy (non-hydrogen) atoms. The maximum absolute atomic E-state index is 12.3. The van der Waals surface area contributed by atoms with Gasteiger partial charge in [-0.3, -0.25) is 9.59 Å². The number of imidazole rings is 1. The number of nitrogens with zero attached hydrogens (tertiary/aromatic N) is 1. The third kappa shape index (κ3) is 3.33. The number of carbonyl (C=O) groups excluding carboxylic acids is 1. The van der Waals surface area contributed by atoms with Crippen LogP contribution in [0.25, 0.3) is 11.0 Å². The Hall–Kier alpha value is -2.89. The third-order valence-corrected chi connectivity index (χ3v) is 4.79. The van der Waals surface area contributed by atoms with Gasteiger partial charge in [-0.2, -0.15) is 0 Å². The zero-order chi connectivity index (χ0) is 17.2. The summed E-state index contributed by atoms with van der Waals surface area (Å²) in [6.45, 7) is 0. The number of H-pyrrole nitrogens is 2. The highest BCUT2D eigenvalue weighted by Crippen LogP contribution is 2.32. The van der Waals surface area contributed by atoms with Crippen LogP contribution in [0.3, 0.4) is 0 Å². The molecule has 1 fully saturated rings. The standard InChI is InChI=1S/C19H20N4O2/c24-17-10-13(8-9-20-17)19(25)21-14-6-7-15-16(11-14)23-18(22-15)12-4-2-1-3-5-12/h6-12H,1-5H2,(H,20,24)(H,21,25)(H,22,23). The van der Waals surface area contributed by atoms with Gasteiger partial charge in [0, 0.05) is 29.4 Å². The minimum atomic E-state index is -0.308. The normalized spacial score (nSPS) is 15.4. The lowest BCUT2D eigenvalue weighted by Gasteiger charge is -2.18. The molecular formula is C19H20N4O2. The number of anilines is 1. The molecular weight excluding hydrogens is 316 g/mol. The lowest BCUT2D eigenvalue weighted by molar-refractivity contribution is 0.102. The summed E-state index contributed by atoms with van der Waals surface area (Å²) in [6, 6.07) is 8.49. The van der Waals surface area contributed by atoms with Crippen LogP contribution in [0.15, 0.2) is 41.3 Å². The fraction of sp³-hybridized carbons (Fsp3) is 0.316. The maximum Gasteiger partial charge on any atom is 0.255 e. The molecule has 1 aromatic carbocycles. The van der Waals surface area contributed by atoms with Crippen molar-refractivity contribution in [3.8, 4) is 0 Å². The van der Waals surface area contributed by atoms with Crippen molar-refractivity contribution in [2.45, 2.75) is 38.0 Å². The smallest absolute Gasteiger partial charge is 0.255 e. The van der Waals surface area contributed by atoms with E-state index in [1.165, 1.54) is 44.4 Å². The van der Waals surface area contributed by atoms with Gasteiger partial charge in [0.15, 0.2) is 0 Å². The molecule has 0 atom stereocenters. The van der Waals surface area contributed by atoms with E-state index in [-0.39, 0.29) is 11.5 Å². The van der Waals surface area contributed by atoms with E-state index in [1.807, 2.05) is 18.2 Å². The summed E-state index contributed by atoms with van der Waals surface area (Å²) >= 11 is 0. The second-order valence-corrected chi connectivity index (χ2v) is 6.58. The number of aromatic amines is 2. The average Bonchev–Trinajstić information content (AvgIpc) is 3.06. The number of amides is 1. The molecule has 4 rings (SSSR count). The summed E-state index contributed by atoms with van der Waals surface area (Å²) in [5.41, 5.74) is 2.54. The monoisotopic (exact) mass is 336 g/mol. The van der Waals surface area contributed by atoms with Crippen LogP contribution in [0.5, 0.6) is 0 Å². The number of pyridine rings is 1. The van der Waals surface area contributed by atoms with Crippen molar-refractivity contribution >= 4 is 22.6 Å². The molecule has 6 heteroatoms. The number of carbonyl (C=O) groups is 1. The van der Waals surface area contributed by atoms with Crippen molar-refractivity contribution in [3.05, 3.63) is 58.3 Å². The molecule has 1 aliphatic rings. The minimum absolute atomic E-state index is 0.297. The quantitative estimate of drug-likeness (QED) is 0.683. The third-order valence-electron chi connectivity index (χ3n) is 4.79. The first kappa shape index (κ1) is 15.6. The zero-order valence-electron chi connectivity index (χ0n) is 13.8. The van der Waals surface area contributed by atoms with Crippen LogP contribution in [0.4, 0.5) is 5.69 Å². The van der Waals surface area contributed by atoms with Gasteiger partial charge < -0.3 is 15.3 Å². The lowest BCUT2D eigenvalue weighted by atomic mass is 9.89. The maximum atomic E-state index is 12.3. The molecule has 3 aromatic rings. The Morgan fingerprint density at radius 2 is 1.96 bits per heavy atom. The molecule has 1 amide bonds. The van der Waals surface area contributed by atoms with Crippen molar-refractivity contribution in [2.75, 3.05) is 5.32 Å². The first-order valence-electron chi connectivity index (χ1n) is 8.69. The van der Waals surface area contributed by atoms with Crippen molar-refractivity contribution in [1.29, 1.82) is 0 Å². The zero-order valence-corrected chi connectivity index (χ0v) is 13.8. The number of hydrogen-bond acceptors (Lipinski definition) is 3. The number of aromatic nitrogens is 3. The van der Waals surface area contributed by atoms with Gasteiger partial charge in [0.1, 0.15) is 5.82 Å². The number of fused-ring (bicyclic) bond motifs is 1. The van der Waals surface area contributed by atoms with Gasteiger partial charge in [-0.05, 0) is 37.1 Å². The molecule has 0 saturated heterocycles. The molecule has 2 aromatic heterocycles. The Balaban J connectivity index is 1.56. The molecule has 128 valence electrons. The molecule has 0 spiro atoms. The molecule has 6 nitrogen and oxygen atoms in total. The van der Waals surface area contributed by atoms with Gasteiger partial charge in [0.2, 0.25) is 5.56 Å². The van der Waals surface area contributed by atoms with Crippen molar-refractivity contribution in [1.82, 2.24) is 15.0 Å². The van der Waals surface area contributed by atoms with Crippen LogP contribution in [-0.2, 0) is 0 Å². The van der Waals surface area contributed by atoms with E-state index in [1.54, 1.807) is 6.07 Å². The van der Waals surface area contributed by atoms with E-state index < -0.39 is 0 Å². The summed E-state index contributed by atoms with van der Waals surface area (Å²) in [6.07, 6.45) is 7.68. The molecule has 0 unspecified atom stereocenters. The fourth-order valence-electron chi connectivity index (χ4n) is 3.47. The Bertz CT molecular complexity index is 967. The molecule has 0 bridgehead atoms. The topological polar surface area (TPSA) is 90.6 Å². The largest absolute Gasteiger partial charge is 0.342 e. The second kappa shape index (κ2) is 6.55. The van der Waals surface area contributed by atoms with E-state index in [0.29, 0.717) is 17.2 Å². The first-order valence-corrected chi connectivity index (χ1v) is 8.69. The van der Waals surface area contributed by atoms with E-state index in [2.05, 4.69) is 15.3 Å². The molecule has 0 aliphatic heterocycles. The van der Waals surface area contributed by atoms with Gasteiger partial charge in [-0.1, -0.05) is 19.3 Å². The molecule has 1 saturated carbocycles. The van der Waals surface area contributed by atoms with Gasteiger partial charge in [0.05, 0.1) is 11.0 Å². The SMILES string of the molecule is O=C(Nc1ccc2nc(C3CCCCC3)[nH]c2c1)c1cc[nH]c(=O)c1. The van der Waals surface area contributed by atoms with Crippen molar-refractivity contribution < 1.29 is 4.79 Å². The van der Waals surface area contributed by atoms with Gasteiger partial charge in [-0.25, -0.2) is 4.98 Å². The van der Waals surface area contributed by atoms with E-state index >= 15 is 0 Å². The van der Waals surface area contributed by atoms with Crippen LogP contribution in [-0.4, -0.2) is 20.9 Å². The van der Waals surface area contributed by atoms with E-state index in [0.717, 1.165) is 16.9 Å². The van der Waals surface area contributed by atoms with E-state index in [9.17, 15) is 9.59 Å². The Kier molecular flexibility index (Phi) is 4.09. The summed E-state index contributed by atoms with van der Waals surface area (Å²) < 4.78 is 0. The van der Waals surface area contributed by atoms with Crippen LogP contribution in [0, 0.1) is 0 Å². The highest BCUT2D eigenvalue weighted by molar-refractivity contribution is 6.04. The minimum Gasteiger partial charge on any atom is -0.342 e. The number of benzene rings is 1. The Labute approximate surface area is 144 Å². The van der Waals surface area contributed by atoms with Crippen LogP contribution in [0.2, 0.25) is 0 Å². The lowest BCUT2D eigenvalue weighted by Crippen LogP contribution is -2.15. The number of nitrogens with one attached hydrogen (secondary N) is 3. The van der Waals surface area contributed by atoms with Crippen molar-refractivity contribution in [3.63, 3.8) is 0 Å². The van der Waals surface area contributed by atoms with Crippen molar-refractivity contribution in [2.24, 2.45) is 0 Å².